The molecule has 0 aliphatic carbocycles. The molecule has 0 radical (unpaired) electrons. The maximum absolute atomic E-state index is 12.1. The number of esters is 1. The fourth-order valence-corrected chi connectivity index (χ4v) is 2.83. The molecule has 7 heteroatoms. The zero-order chi connectivity index (χ0) is 21.3. The number of pyridine rings is 1. The van der Waals surface area contributed by atoms with Crippen molar-refractivity contribution >= 4 is 17.6 Å². The molecule has 3 aromatic rings. The Morgan fingerprint density at radius 3 is 2.43 bits per heavy atom. The Labute approximate surface area is 180 Å². The van der Waals surface area contributed by atoms with Crippen LogP contribution in [0.3, 0.4) is 0 Å². The average molecular weight is 428 g/mol. The number of hydrogen-bond donors (Lipinski definition) is 0. The third-order valence-electron chi connectivity index (χ3n) is 4.24. The molecule has 0 aliphatic rings. The molecule has 2 aromatic carbocycles. The fourth-order valence-electron chi connectivity index (χ4n) is 2.67. The molecule has 0 saturated carbocycles. The molecule has 0 unspecified atom stereocenters. The molecule has 156 valence electrons. The van der Waals surface area contributed by atoms with E-state index in [9.17, 15) is 4.79 Å². The molecular formula is C23H22ClNO5. The highest BCUT2D eigenvalue weighted by atomic mass is 35.5. The van der Waals surface area contributed by atoms with Crippen LogP contribution in [-0.4, -0.2) is 24.7 Å². The van der Waals surface area contributed by atoms with E-state index in [2.05, 4.69) is 4.98 Å². The predicted molar refractivity (Wildman–Crippen MR) is 113 cm³/mol. The lowest BCUT2D eigenvalue weighted by Gasteiger charge is -2.15. The number of carbonyl (C=O) groups is 1. The predicted octanol–water partition coefficient (Wildman–Crippen LogP) is 5.01. The monoisotopic (exact) mass is 427 g/mol. The maximum atomic E-state index is 12.1. The number of ether oxygens (including phenoxy) is 4. The van der Waals surface area contributed by atoms with Gasteiger partial charge >= 0.3 is 5.97 Å². The van der Waals surface area contributed by atoms with Gasteiger partial charge in [-0.3, -0.25) is 0 Å². The Morgan fingerprint density at radius 1 is 1.00 bits per heavy atom. The Bertz CT molecular complexity index is 980. The summed E-state index contributed by atoms with van der Waals surface area (Å²) in [5, 5.41) is 0.383. The Morgan fingerprint density at radius 2 is 1.70 bits per heavy atom. The van der Waals surface area contributed by atoms with E-state index in [-0.39, 0.29) is 19.3 Å². The van der Waals surface area contributed by atoms with Gasteiger partial charge in [-0.05, 0) is 30.7 Å². The van der Waals surface area contributed by atoms with Gasteiger partial charge in [0.2, 0.25) is 5.88 Å². The second-order valence-corrected chi connectivity index (χ2v) is 6.76. The molecule has 1 aromatic heterocycles. The molecule has 6 nitrogen and oxygen atoms in total. The van der Waals surface area contributed by atoms with Crippen LogP contribution in [0.25, 0.3) is 0 Å². The zero-order valence-electron chi connectivity index (χ0n) is 16.7. The second kappa shape index (κ2) is 10.5. The number of para-hydroxylation sites is 2. The Hall–Kier alpha value is -3.25. The summed E-state index contributed by atoms with van der Waals surface area (Å²) in [6.07, 6.45) is -0.190. The number of rotatable bonds is 9. The number of benzene rings is 2. The average Bonchev–Trinajstić information content (AvgIpc) is 2.78. The summed E-state index contributed by atoms with van der Waals surface area (Å²) in [6.45, 7) is 1.57. The molecule has 0 spiro atoms. The molecule has 0 amide bonds. The summed E-state index contributed by atoms with van der Waals surface area (Å²) in [5.41, 5.74) is 1.43. The van der Waals surface area contributed by atoms with Crippen molar-refractivity contribution in [3.8, 4) is 17.4 Å². The standard InChI is InChI=1S/C23H22ClNO5/c1-16(17-8-4-3-5-9-17)30-22-13-12-18(24)19(25-22)14-29-23(26)15-28-21-11-7-6-10-20(21)27-2/h3-13,16H,14-15H2,1-2H3/t16-/m1/s1. The number of carbonyl (C=O) groups excluding carboxylic acids is 1. The summed E-state index contributed by atoms with van der Waals surface area (Å²) in [6, 6.07) is 20.2. The maximum Gasteiger partial charge on any atom is 0.344 e. The second-order valence-electron chi connectivity index (χ2n) is 6.35. The van der Waals surface area contributed by atoms with E-state index in [0.29, 0.717) is 28.1 Å². The van der Waals surface area contributed by atoms with Crippen molar-refractivity contribution < 1.29 is 23.7 Å². The summed E-state index contributed by atoms with van der Waals surface area (Å²) in [5.74, 6) is 0.834. The van der Waals surface area contributed by atoms with Crippen LogP contribution in [0.1, 0.15) is 24.3 Å². The fraction of sp³-hybridized carbons (Fsp3) is 0.217. The lowest BCUT2D eigenvalue weighted by atomic mass is 10.1. The molecule has 0 N–H and O–H groups in total. The van der Waals surface area contributed by atoms with Gasteiger partial charge in [0, 0.05) is 6.07 Å². The van der Waals surface area contributed by atoms with Gasteiger partial charge < -0.3 is 18.9 Å². The first-order chi connectivity index (χ1) is 14.6. The highest BCUT2D eigenvalue weighted by Crippen LogP contribution is 2.26. The van der Waals surface area contributed by atoms with Gasteiger partial charge in [0.25, 0.3) is 0 Å². The largest absolute Gasteiger partial charge is 0.493 e. The number of hydrogen-bond acceptors (Lipinski definition) is 6. The normalized spacial score (nSPS) is 11.4. The van der Waals surface area contributed by atoms with E-state index >= 15 is 0 Å². The van der Waals surface area contributed by atoms with Crippen LogP contribution in [0.5, 0.6) is 17.4 Å². The summed E-state index contributed by atoms with van der Waals surface area (Å²) >= 11 is 6.19. The van der Waals surface area contributed by atoms with Crippen molar-refractivity contribution in [1.29, 1.82) is 0 Å². The van der Waals surface area contributed by atoms with Crippen molar-refractivity contribution in [2.75, 3.05) is 13.7 Å². The van der Waals surface area contributed by atoms with Crippen molar-refractivity contribution in [2.24, 2.45) is 0 Å². The van der Waals surface area contributed by atoms with E-state index in [1.807, 2.05) is 43.3 Å². The van der Waals surface area contributed by atoms with Crippen LogP contribution in [0.2, 0.25) is 5.02 Å². The molecular weight excluding hydrogens is 406 g/mol. The highest BCUT2D eigenvalue weighted by molar-refractivity contribution is 6.31. The van der Waals surface area contributed by atoms with Crippen molar-refractivity contribution in [1.82, 2.24) is 4.98 Å². The van der Waals surface area contributed by atoms with Gasteiger partial charge in [-0.2, -0.15) is 0 Å². The van der Waals surface area contributed by atoms with Crippen molar-refractivity contribution in [2.45, 2.75) is 19.6 Å². The van der Waals surface area contributed by atoms with Gasteiger partial charge in [-0.1, -0.05) is 54.1 Å². The lowest BCUT2D eigenvalue weighted by Crippen LogP contribution is -2.15. The van der Waals surface area contributed by atoms with E-state index in [1.165, 1.54) is 7.11 Å². The SMILES string of the molecule is COc1ccccc1OCC(=O)OCc1nc(O[C@H](C)c2ccccc2)ccc1Cl. The van der Waals surface area contributed by atoms with Crippen LogP contribution in [0.15, 0.2) is 66.7 Å². The van der Waals surface area contributed by atoms with E-state index < -0.39 is 5.97 Å². The highest BCUT2D eigenvalue weighted by Gasteiger charge is 2.13. The van der Waals surface area contributed by atoms with Crippen LogP contribution >= 0.6 is 11.6 Å². The minimum Gasteiger partial charge on any atom is -0.493 e. The van der Waals surface area contributed by atoms with E-state index in [0.717, 1.165) is 5.56 Å². The quantitative estimate of drug-likeness (QED) is 0.447. The molecule has 0 fully saturated rings. The van der Waals surface area contributed by atoms with E-state index in [1.54, 1.807) is 30.3 Å². The summed E-state index contributed by atoms with van der Waals surface area (Å²) in [4.78, 5) is 16.4. The van der Waals surface area contributed by atoms with Gasteiger partial charge in [0.1, 0.15) is 18.4 Å². The van der Waals surface area contributed by atoms with Crippen molar-refractivity contribution in [3.63, 3.8) is 0 Å². The van der Waals surface area contributed by atoms with Gasteiger partial charge in [-0.15, -0.1) is 0 Å². The Balaban J connectivity index is 1.55. The molecule has 30 heavy (non-hydrogen) atoms. The number of methoxy groups -OCH3 is 1. The van der Waals surface area contributed by atoms with Crippen LogP contribution in [0, 0.1) is 0 Å². The smallest absolute Gasteiger partial charge is 0.344 e. The van der Waals surface area contributed by atoms with Gasteiger partial charge in [0.15, 0.2) is 18.1 Å². The van der Waals surface area contributed by atoms with Crippen LogP contribution in [0.4, 0.5) is 0 Å². The minimum absolute atomic E-state index is 0.0934. The van der Waals surface area contributed by atoms with Gasteiger partial charge in [0.05, 0.1) is 12.1 Å². The molecule has 0 aliphatic heterocycles. The molecule has 3 rings (SSSR count). The zero-order valence-corrected chi connectivity index (χ0v) is 17.5. The van der Waals surface area contributed by atoms with Gasteiger partial charge in [-0.25, -0.2) is 9.78 Å². The van der Waals surface area contributed by atoms with Crippen molar-refractivity contribution in [3.05, 3.63) is 83.0 Å². The van der Waals surface area contributed by atoms with E-state index in [4.69, 9.17) is 30.5 Å². The number of aromatic nitrogens is 1. The number of nitrogens with zero attached hydrogens (tertiary/aromatic N) is 1. The molecule has 0 bridgehead atoms. The molecule has 1 atom stereocenters. The Kier molecular flexibility index (Phi) is 7.51. The third kappa shape index (κ3) is 5.87. The topological polar surface area (TPSA) is 66.9 Å². The number of halogens is 1. The summed E-state index contributed by atoms with van der Waals surface area (Å²) in [7, 11) is 1.53. The first kappa shape index (κ1) is 21.5. The first-order valence-corrected chi connectivity index (χ1v) is 9.73. The first-order valence-electron chi connectivity index (χ1n) is 9.35. The molecule has 1 heterocycles. The van der Waals surface area contributed by atoms with Crippen LogP contribution < -0.4 is 14.2 Å². The minimum atomic E-state index is -0.553. The lowest BCUT2D eigenvalue weighted by molar-refractivity contribution is -0.147. The molecule has 0 saturated heterocycles. The third-order valence-corrected chi connectivity index (χ3v) is 4.59. The van der Waals surface area contributed by atoms with Crippen LogP contribution in [-0.2, 0) is 16.1 Å². The summed E-state index contributed by atoms with van der Waals surface area (Å²) < 4.78 is 21.8.